The molecule has 2 aliphatic rings. The Kier molecular flexibility index (Phi) is 2.63. The van der Waals surface area contributed by atoms with Crippen LogP contribution in [0.2, 0.25) is 0 Å². The van der Waals surface area contributed by atoms with E-state index in [0.717, 1.165) is 0 Å². The number of rotatable bonds is 1. The van der Waals surface area contributed by atoms with Gasteiger partial charge >= 0.3 is 0 Å². The highest BCUT2D eigenvalue weighted by molar-refractivity contribution is 5.37. The van der Waals surface area contributed by atoms with E-state index in [1.165, 1.54) is 12.0 Å². The third kappa shape index (κ3) is 1.73. The smallest absolute Gasteiger partial charge is 0.0177 e. The molecule has 1 aromatic rings. The number of hydrogen-bond acceptors (Lipinski definition) is 1. The van der Waals surface area contributed by atoms with Crippen LogP contribution in [-0.4, -0.2) is 6.04 Å². The van der Waals surface area contributed by atoms with Crippen molar-refractivity contribution in [3.05, 3.63) is 47.5 Å². The molecule has 1 saturated carbocycles. The maximum Gasteiger partial charge on any atom is 0.0177 e. The monoisotopic (exact) mass is 241 g/mol. The molecule has 0 saturated heterocycles. The van der Waals surface area contributed by atoms with Crippen LogP contribution in [0, 0.1) is 17.3 Å². The van der Waals surface area contributed by atoms with Gasteiger partial charge in [0.15, 0.2) is 0 Å². The number of benzene rings is 1. The Bertz CT molecular complexity index is 466. The third-order valence-corrected chi connectivity index (χ3v) is 4.71. The predicted molar refractivity (Wildman–Crippen MR) is 76.3 cm³/mol. The highest BCUT2D eigenvalue weighted by Crippen LogP contribution is 2.55. The van der Waals surface area contributed by atoms with Crippen LogP contribution in [0.5, 0.6) is 0 Å². The Labute approximate surface area is 110 Å². The van der Waals surface area contributed by atoms with E-state index < -0.39 is 0 Å². The summed E-state index contributed by atoms with van der Waals surface area (Å²) < 4.78 is 0. The van der Waals surface area contributed by atoms with Crippen molar-refractivity contribution in [2.45, 2.75) is 39.2 Å². The second-order valence-corrected chi connectivity index (χ2v) is 6.89. The van der Waals surface area contributed by atoms with Crippen molar-refractivity contribution in [1.82, 2.24) is 0 Å². The molecule has 1 heteroatoms. The fourth-order valence-electron chi connectivity index (χ4n) is 3.92. The maximum atomic E-state index is 6.46. The first-order chi connectivity index (χ1) is 8.48. The average molecular weight is 241 g/mol. The van der Waals surface area contributed by atoms with Gasteiger partial charge in [-0.05, 0) is 29.2 Å². The summed E-state index contributed by atoms with van der Waals surface area (Å²) in [5, 5.41) is 0. The normalized spacial score (nSPS) is 34.8. The minimum Gasteiger partial charge on any atom is -0.327 e. The molecular formula is C17H23N. The molecule has 0 aromatic heterocycles. The van der Waals surface area contributed by atoms with E-state index in [4.69, 9.17) is 5.73 Å². The number of fused-ring (bicyclic) bond motifs is 2. The number of allylic oxidation sites excluding steroid dienone is 1. The highest BCUT2D eigenvalue weighted by atomic mass is 14.7. The molecule has 4 atom stereocenters. The molecule has 0 aliphatic heterocycles. The second-order valence-electron chi connectivity index (χ2n) is 6.89. The zero-order valence-electron chi connectivity index (χ0n) is 11.6. The van der Waals surface area contributed by atoms with E-state index in [9.17, 15) is 0 Å². The van der Waals surface area contributed by atoms with Crippen LogP contribution in [0.3, 0.4) is 0 Å². The summed E-state index contributed by atoms with van der Waals surface area (Å²) in [6.07, 6.45) is 3.72. The first-order valence-electron chi connectivity index (χ1n) is 7.01. The topological polar surface area (TPSA) is 26.0 Å². The molecule has 18 heavy (non-hydrogen) atoms. The molecule has 0 radical (unpaired) electrons. The lowest BCUT2D eigenvalue weighted by Crippen LogP contribution is -2.35. The van der Waals surface area contributed by atoms with Crippen LogP contribution in [0.4, 0.5) is 0 Å². The Hall–Kier alpha value is -1.08. The second kappa shape index (κ2) is 3.96. The first kappa shape index (κ1) is 12.0. The quantitative estimate of drug-likeness (QED) is 0.745. The molecule has 0 spiro atoms. The van der Waals surface area contributed by atoms with E-state index in [-0.39, 0.29) is 5.41 Å². The molecule has 0 heterocycles. The SMILES string of the molecule is CC(C)(C)C1=CC2CC1C(c1ccccc1)C2N. The van der Waals surface area contributed by atoms with Crippen molar-refractivity contribution in [2.75, 3.05) is 0 Å². The Morgan fingerprint density at radius 2 is 1.78 bits per heavy atom. The van der Waals surface area contributed by atoms with Gasteiger partial charge in [-0.2, -0.15) is 0 Å². The van der Waals surface area contributed by atoms with Crippen molar-refractivity contribution in [3.63, 3.8) is 0 Å². The standard InChI is InChI=1S/C17H23N/c1-17(2,3)14-10-12-9-13(14)15(16(12)18)11-7-5-4-6-8-11/h4-8,10,12-13,15-16H,9,18H2,1-3H3. The lowest BCUT2D eigenvalue weighted by atomic mass is 9.71. The molecule has 1 fully saturated rings. The van der Waals surface area contributed by atoms with Gasteiger partial charge in [0, 0.05) is 12.0 Å². The van der Waals surface area contributed by atoms with E-state index in [1.807, 2.05) is 0 Å². The van der Waals surface area contributed by atoms with E-state index >= 15 is 0 Å². The van der Waals surface area contributed by atoms with Gasteiger partial charge in [-0.25, -0.2) is 0 Å². The van der Waals surface area contributed by atoms with Crippen LogP contribution in [0.1, 0.15) is 38.7 Å². The van der Waals surface area contributed by atoms with Gasteiger partial charge in [0.25, 0.3) is 0 Å². The fourth-order valence-corrected chi connectivity index (χ4v) is 3.92. The minimum atomic E-state index is 0.284. The van der Waals surface area contributed by atoms with Crippen molar-refractivity contribution in [2.24, 2.45) is 23.0 Å². The largest absolute Gasteiger partial charge is 0.327 e. The van der Waals surface area contributed by atoms with E-state index in [1.54, 1.807) is 5.57 Å². The molecule has 3 rings (SSSR count). The van der Waals surface area contributed by atoms with Crippen LogP contribution >= 0.6 is 0 Å². The zero-order chi connectivity index (χ0) is 12.9. The van der Waals surface area contributed by atoms with Crippen LogP contribution in [0.25, 0.3) is 0 Å². The van der Waals surface area contributed by atoms with E-state index in [2.05, 4.69) is 57.2 Å². The molecule has 2 N–H and O–H groups in total. The van der Waals surface area contributed by atoms with E-state index in [0.29, 0.717) is 23.8 Å². The molecule has 1 nitrogen and oxygen atoms in total. The summed E-state index contributed by atoms with van der Waals surface area (Å²) in [4.78, 5) is 0. The molecule has 2 bridgehead atoms. The Morgan fingerprint density at radius 3 is 2.33 bits per heavy atom. The molecular weight excluding hydrogens is 218 g/mol. The Morgan fingerprint density at radius 1 is 1.11 bits per heavy atom. The lowest BCUT2D eigenvalue weighted by molar-refractivity contribution is 0.391. The first-order valence-corrected chi connectivity index (χ1v) is 7.01. The maximum absolute atomic E-state index is 6.46. The zero-order valence-corrected chi connectivity index (χ0v) is 11.6. The fraction of sp³-hybridized carbons (Fsp3) is 0.529. The van der Waals surface area contributed by atoms with Gasteiger partial charge in [0.2, 0.25) is 0 Å². The summed E-state index contributed by atoms with van der Waals surface area (Å²) in [7, 11) is 0. The van der Waals surface area contributed by atoms with Crippen molar-refractivity contribution < 1.29 is 0 Å². The van der Waals surface area contributed by atoms with Crippen LogP contribution < -0.4 is 5.73 Å². The summed E-state index contributed by atoms with van der Waals surface area (Å²) >= 11 is 0. The summed E-state index contributed by atoms with van der Waals surface area (Å²) in [5.41, 5.74) is 9.79. The van der Waals surface area contributed by atoms with Crippen molar-refractivity contribution >= 4 is 0 Å². The minimum absolute atomic E-state index is 0.284. The van der Waals surface area contributed by atoms with Gasteiger partial charge in [0.1, 0.15) is 0 Å². The van der Waals surface area contributed by atoms with Crippen LogP contribution in [-0.2, 0) is 0 Å². The predicted octanol–water partition coefficient (Wildman–Crippen LogP) is 3.72. The molecule has 96 valence electrons. The molecule has 0 amide bonds. The van der Waals surface area contributed by atoms with Crippen molar-refractivity contribution in [1.29, 1.82) is 0 Å². The lowest BCUT2D eigenvalue weighted by Gasteiger charge is -2.35. The highest BCUT2D eigenvalue weighted by Gasteiger charge is 2.49. The number of hydrogen-bond donors (Lipinski definition) is 1. The van der Waals surface area contributed by atoms with Gasteiger partial charge in [-0.3, -0.25) is 0 Å². The van der Waals surface area contributed by atoms with Crippen LogP contribution in [0.15, 0.2) is 42.0 Å². The van der Waals surface area contributed by atoms with Crippen molar-refractivity contribution in [3.8, 4) is 0 Å². The Balaban J connectivity index is 1.98. The average Bonchev–Trinajstić information content (AvgIpc) is 2.87. The number of nitrogens with two attached hydrogens (primary N) is 1. The van der Waals surface area contributed by atoms with Gasteiger partial charge < -0.3 is 5.73 Å². The third-order valence-electron chi connectivity index (χ3n) is 4.71. The van der Waals surface area contributed by atoms with Gasteiger partial charge in [-0.1, -0.05) is 62.8 Å². The summed E-state index contributed by atoms with van der Waals surface area (Å²) in [6.45, 7) is 6.98. The summed E-state index contributed by atoms with van der Waals surface area (Å²) in [6, 6.07) is 11.1. The molecule has 2 aliphatic carbocycles. The molecule has 1 aromatic carbocycles. The van der Waals surface area contributed by atoms with Gasteiger partial charge in [0.05, 0.1) is 0 Å². The molecule has 4 unspecified atom stereocenters. The summed E-state index contributed by atoms with van der Waals surface area (Å²) in [5.74, 6) is 1.78. The van der Waals surface area contributed by atoms with Gasteiger partial charge in [-0.15, -0.1) is 0 Å².